The number of hydrogen-bond donors (Lipinski definition) is 0. The van der Waals surface area contributed by atoms with Gasteiger partial charge in [0.15, 0.2) is 0 Å². The number of halogens is 1. The Hall–Kier alpha value is -0.200. The van der Waals surface area contributed by atoms with E-state index in [1.54, 1.807) is 13.8 Å². The molecule has 72 valence electrons. The van der Waals surface area contributed by atoms with Gasteiger partial charge in [-0.25, -0.2) is 0 Å². The van der Waals surface area contributed by atoms with Crippen molar-refractivity contribution in [2.45, 2.75) is 19.4 Å². The van der Waals surface area contributed by atoms with E-state index in [0.29, 0.717) is 0 Å². The summed E-state index contributed by atoms with van der Waals surface area (Å²) in [6.45, 7) is 3.87. The summed E-state index contributed by atoms with van der Waals surface area (Å²) >= 11 is 0. The van der Waals surface area contributed by atoms with Crippen LogP contribution >= 0.6 is 0 Å². The highest BCUT2D eigenvalue weighted by Crippen LogP contribution is 2.19. The zero-order valence-electron chi connectivity index (χ0n) is 7.08. The molecule has 0 spiro atoms. The van der Waals surface area contributed by atoms with Gasteiger partial charge in [-0.1, -0.05) is 3.89 Å². The number of hydrogen-bond acceptors (Lipinski definition) is 3. The molecule has 0 bridgehead atoms. The third kappa shape index (κ3) is 2.40. The molecule has 1 aliphatic rings. The van der Waals surface area contributed by atoms with Crippen molar-refractivity contribution in [2.75, 3.05) is 19.7 Å². The highest BCUT2D eigenvalue weighted by atomic mass is 32.3. The Balaban J connectivity index is 2.71. The Labute approximate surface area is 71.7 Å². The van der Waals surface area contributed by atoms with E-state index in [2.05, 4.69) is 0 Å². The van der Waals surface area contributed by atoms with Crippen LogP contribution in [0, 0.1) is 0 Å². The molecule has 4 nitrogen and oxygen atoms in total. The molecule has 0 aliphatic carbocycles. The van der Waals surface area contributed by atoms with E-state index in [4.69, 9.17) is 4.74 Å². The third-order valence-corrected chi connectivity index (χ3v) is 2.63. The smallest absolute Gasteiger partial charge is 0.373 e. The molecule has 0 aromatic rings. The van der Waals surface area contributed by atoms with Crippen LogP contribution in [0.3, 0.4) is 0 Å². The highest BCUT2D eigenvalue weighted by Gasteiger charge is 2.33. The van der Waals surface area contributed by atoms with Crippen LogP contribution in [-0.4, -0.2) is 38.0 Å². The molecule has 6 heteroatoms. The average Bonchev–Trinajstić information content (AvgIpc) is 1.83. The van der Waals surface area contributed by atoms with Gasteiger partial charge < -0.3 is 4.74 Å². The molecule has 0 atom stereocenters. The minimum atomic E-state index is -4.54. The second-order valence-corrected chi connectivity index (χ2v) is 4.72. The van der Waals surface area contributed by atoms with Gasteiger partial charge in [0.2, 0.25) is 0 Å². The highest BCUT2D eigenvalue weighted by molar-refractivity contribution is 7.83. The topological polar surface area (TPSA) is 46.6 Å². The fourth-order valence-corrected chi connectivity index (χ4v) is 1.92. The van der Waals surface area contributed by atoms with Gasteiger partial charge in [-0.05, 0) is 13.8 Å². The fourth-order valence-electron chi connectivity index (χ4n) is 1.16. The minimum Gasteiger partial charge on any atom is -0.373 e. The predicted octanol–water partition coefficient (Wildman–Crippen LogP) is 0.312. The van der Waals surface area contributed by atoms with Crippen molar-refractivity contribution in [3.8, 4) is 0 Å². The molecule has 0 N–H and O–H groups in total. The molecule has 1 saturated heterocycles. The molecule has 0 aromatic carbocycles. The van der Waals surface area contributed by atoms with Crippen molar-refractivity contribution < 1.29 is 17.0 Å². The number of morpholine rings is 1. The van der Waals surface area contributed by atoms with E-state index in [-0.39, 0.29) is 19.7 Å². The maximum Gasteiger partial charge on any atom is 0.374 e. The molecule has 0 amide bonds. The van der Waals surface area contributed by atoms with Crippen LogP contribution in [0.4, 0.5) is 3.89 Å². The molecule has 0 unspecified atom stereocenters. The lowest BCUT2D eigenvalue weighted by molar-refractivity contribution is -0.0650. The van der Waals surface area contributed by atoms with Crippen LogP contribution in [0.1, 0.15) is 13.8 Å². The van der Waals surface area contributed by atoms with Gasteiger partial charge in [0.1, 0.15) is 0 Å². The Bertz CT molecular complexity index is 262. The second kappa shape index (κ2) is 2.93. The van der Waals surface area contributed by atoms with E-state index < -0.39 is 16.0 Å². The number of ether oxygens (including phenoxy) is 1. The van der Waals surface area contributed by atoms with Crippen LogP contribution in [0.15, 0.2) is 0 Å². The first-order valence-corrected chi connectivity index (χ1v) is 4.99. The van der Waals surface area contributed by atoms with Gasteiger partial charge in [0, 0.05) is 13.1 Å². The zero-order valence-corrected chi connectivity index (χ0v) is 7.90. The van der Waals surface area contributed by atoms with Crippen molar-refractivity contribution in [3.63, 3.8) is 0 Å². The van der Waals surface area contributed by atoms with Crippen LogP contribution in [0.2, 0.25) is 0 Å². The summed E-state index contributed by atoms with van der Waals surface area (Å²) in [5.74, 6) is 0. The van der Waals surface area contributed by atoms with Crippen molar-refractivity contribution >= 4 is 10.4 Å². The second-order valence-electron chi connectivity index (χ2n) is 3.38. The largest absolute Gasteiger partial charge is 0.374 e. The first-order chi connectivity index (χ1) is 5.31. The minimum absolute atomic E-state index is 0.0752. The molecule has 0 saturated carbocycles. The lowest BCUT2D eigenvalue weighted by atomic mass is 10.1. The SMILES string of the molecule is CC1(C)CN(S(=O)(=O)F)CCO1. The number of nitrogens with zero attached hydrogens (tertiary/aromatic N) is 1. The molecule has 12 heavy (non-hydrogen) atoms. The molecule has 1 heterocycles. The standard InChI is InChI=1S/C6H12FNO3S/c1-6(2)5-8(3-4-11-6)12(7,9)10/h3-5H2,1-2H3. The van der Waals surface area contributed by atoms with Crippen molar-refractivity contribution in [3.05, 3.63) is 0 Å². The molecular weight excluding hydrogens is 185 g/mol. The van der Waals surface area contributed by atoms with Gasteiger partial charge in [-0.15, -0.1) is 0 Å². The Morgan fingerprint density at radius 3 is 2.42 bits per heavy atom. The summed E-state index contributed by atoms with van der Waals surface area (Å²) in [6, 6.07) is 0. The monoisotopic (exact) mass is 197 g/mol. The summed E-state index contributed by atoms with van der Waals surface area (Å²) in [5, 5.41) is 0. The van der Waals surface area contributed by atoms with Gasteiger partial charge in [0.25, 0.3) is 0 Å². The van der Waals surface area contributed by atoms with Crippen molar-refractivity contribution in [1.29, 1.82) is 0 Å². The molecule has 1 aliphatic heterocycles. The summed E-state index contributed by atoms with van der Waals surface area (Å²) < 4.78 is 39.4. The van der Waals surface area contributed by atoms with Gasteiger partial charge in [0.05, 0.1) is 12.2 Å². The van der Waals surface area contributed by atoms with E-state index in [1.165, 1.54) is 0 Å². The first-order valence-electron chi connectivity index (χ1n) is 3.65. The van der Waals surface area contributed by atoms with Crippen LogP contribution in [-0.2, 0) is 15.1 Å². The molecule has 0 aromatic heterocycles. The summed E-state index contributed by atoms with van der Waals surface area (Å²) in [4.78, 5) is 0. The van der Waals surface area contributed by atoms with Crippen molar-refractivity contribution in [1.82, 2.24) is 4.31 Å². The van der Waals surface area contributed by atoms with E-state index in [1.807, 2.05) is 0 Å². The zero-order chi connectivity index (χ0) is 9.41. The van der Waals surface area contributed by atoms with Gasteiger partial charge in [-0.3, -0.25) is 0 Å². The van der Waals surface area contributed by atoms with E-state index in [9.17, 15) is 12.3 Å². The van der Waals surface area contributed by atoms with Crippen molar-refractivity contribution in [2.24, 2.45) is 0 Å². The third-order valence-electron chi connectivity index (χ3n) is 1.70. The summed E-state index contributed by atoms with van der Waals surface area (Å²) in [5.41, 5.74) is -0.586. The normalized spacial score (nSPS) is 25.6. The van der Waals surface area contributed by atoms with Crippen LogP contribution in [0.25, 0.3) is 0 Å². The molecule has 0 radical (unpaired) electrons. The Morgan fingerprint density at radius 2 is 2.08 bits per heavy atom. The molecule has 1 fully saturated rings. The van der Waals surface area contributed by atoms with Gasteiger partial charge >= 0.3 is 10.4 Å². The van der Waals surface area contributed by atoms with Crippen LogP contribution < -0.4 is 0 Å². The average molecular weight is 197 g/mol. The quantitative estimate of drug-likeness (QED) is 0.568. The summed E-state index contributed by atoms with van der Waals surface area (Å²) in [6.07, 6.45) is 0. The number of rotatable bonds is 1. The summed E-state index contributed by atoms with van der Waals surface area (Å²) in [7, 11) is -4.54. The fraction of sp³-hybridized carbons (Fsp3) is 1.00. The Kier molecular flexibility index (Phi) is 2.42. The first kappa shape index (κ1) is 9.88. The van der Waals surface area contributed by atoms with E-state index >= 15 is 0 Å². The maximum atomic E-state index is 12.5. The lowest BCUT2D eigenvalue weighted by Gasteiger charge is -2.35. The molecule has 1 rings (SSSR count). The predicted molar refractivity (Wildman–Crippen MR) is 41.6 cm³/mol. The Morgan fingerprint density at radius 1 is 1.50 bits per heavy atom. The maximum absolute atomic E-state index is 12.5. The van der Waals surface area contributed by atoms with Crippen LogP contribution in [0.5, 0.6) is 0 Å². The lowest BCUT2D eigenvalue weighted by Crippen LogP contribution is -2.49. The van der Waals surface area contributed by atoms with Gasteiger partial charge in [-0.2, -0.15) is 12.7 Å². The van der Waals surface area contributed by atoms with E-state index in [0.717, 1.165) is 4.31 Å². The molecular formula is C6H12FNO3S.